The summed E-state index contributed by atoms with van der Waals surface area (Å²) in [7, 11) is -4.01. The van der Waals surface area contributed by atoms with Crippen LogP contribution in [0.1, 0.15) is 44.7 Å². The van der Waals surface area contributed by atoms with Gasteiger partial charge in [-0.05, 0) is 61.4 Å². The number of ketones is 1. The summed E-state index contributed by atoms with van der Waals surface area (Å²) in [4.78, 5) is 34.8. The molecule has 0 aliphatic rings. The van der Waals surface area contributed by atoms with E-state index in [1.54, 1.807) is 79.7 Å². The Labute approximate surface area is 241 Å². The van der Waals surface area contributed by atoms with Crippen LogP contribution in [0.2, 0.25) is 5.02 Å². The first-order chi connectivity index (χ1) is 19.7. The van der Waals surface area contributed by atoms with Crippen molar-refractivity contribution in [2.75, 3.05) is 11.9 Å². The van der Waals surface area contributed by atoms with Crippen molar-refractivity contribution in [3.05, 3.63) is 112 Å². The first kappa shape index (κ1) is 28.0. The number of nitrogens with zero attached hydrogens (tertiary/aromatic N) is 2. The van der Waals surface area contributed by atoms with Gasteiger partial charge < -0.3 is 14.5 Å². The maximum Gasteiger partial charge on any atom is 0.276 e. The normalized spacial score (nSPS) is 11.4. The van der Waals surface area contributed by atoms with Gasteiger partial charge in [-0.15, -0.1) is 0 Å². The van der Waals surface area contributed by atoms with E-state index in [0.29, 0.717) is 34.5 Å². The van der Waals surface area contributed by atoms with Gasteiger partial charge in [0.15, 0.2) is 11.5 Å². The Morgan fingerprint density at radius 3 is 2.44 bits per heavy atom. The van der Waals surface area contributed by atoms with Gasteiger partial charge >= 0.3 is 0 Å². The number of aryl methyl sites for hydroxylation is 1. The first-order valence-corrected chi connectivity index (χ1v) is 14.6. The average molecular weight is 590 g/mol. The van der Waals surface area contributed by atoms with Gasteiger partial charge in [0.05, 0.1) is 29.3 Å². The molecule has 0 saturated heterocycles. The third kappa shape index (κ3) is 5.84. The van der Waals surface area contributed by atoms with Gasteiger partial charge in [0.2, 0.25) is 20.8 Å². The van der Waals surface area contributed by atoms with E-state index in [-0.39, 0.29) is 27.9 Å². The molecular weight excluding hydrogens is 566 g/mol. The molecule has 0 saturated carbocycles. The number of rotatable bonds is 9. The number of hydrogen-bond donors (Lipinski definition) is 1. The summed E-state index contributed by atoms with van der Waals surface area (Å²) in [6, 6.07) is 20.4. The SMILES string of the molecule is CCOc1ccc(C(=O)c2oc3ccccc3c2NC(=O)c2nc(S(=O)(=O)Cc3ccccc3C)ncc2Cl)cc1. The fraction of sp³-hybridized carbons (Fsp3) is 0.133. The number of hydrogen-bond acceptors (Lipinski definition) is 8. The molecule has 0 spiro atoms. The highest BCUT2D eigenvalue weighted by Crippen LogP contribution is 2.33. The second kappa shape index (κ2) is 11.5. The lowest BCUT2D eigenvalue weighted by molar-refractivity contribution is 0.101. The van der Waals surface area contributed by atoms with E-state index in [1.807, 2.05) is 6.92 Å². The Morgan fingerprint density at radius 1 is 1.00 bits per heavy atom. The first-order valence-electron chi connectivity index (χ1n) is 12.6. The van der Waals surface area contributed by atoms with Crippen LogP contribution in [-0.2, 0) is 15.6 Å². The number of anilines is 1. The average Bonchev–Trinajstić information content (AvgIpc) is 3.32. The van der Waals surface area contributed by atoms with Crippen LogP contribution in [0.15, 0.2) is 88.6 Å². The smallest absolute Gasteiger partial charge is 0.276 e. The molecule has 0 fully saturated rings. The van der Waals surface area contributed by atoms with Crippen molar-refractivity contribution in [2.45, 2.75) is 24.8 Å². The summed E-state index contributed by atoms with van der Waals surface area (Å²) < 4.78 is 37.6. The molecule has 5 aromatic rings. The number of ether oxygens (including phenoxy) is 1. The zero-order valence-electron chi connectivity index (χ0n) is 22.0. The summed E-state index contributed by atoms with van der Waals surface area (Å²) in [6.07, 6.45) is 1.06. The predicted molar refractivity (Wildman–Crippen MR) is 154 cm³/mol. The molecule has 1 N–H and O–H groups in total. The van der Waals surface area contributed by atoms with Crippen LogP contribution in [0.3, 0.4) is 0 Å². The van der Waals surface area contributed by atoms with Crippen LogP contribution in [0.4, 0.5) is 5.69 Å². The highest BCUT2D eigenvalue weighted by molar-refractivity contribution is 7.90. The highest BCUT2D eigenvalue weighted by atomic mass is 35.5. The number of sulfone groups is 1. The number of amides is 1. The van der Waals surface area contributed by atoms with Crippen molar-refractivity contribution in [1.29, 1.82) is 0 Å². The summed E-state index contributed by atoms with van der Waals surface area (Å²) >= 11 is 6.24. The Morgan fingerprint density at radius 2 is 1.71 bits per heavy atom. The zero-order chi connectivity index (χ0) is 29.1. The second-order valence-electron chi connectivity index (χ2n) is 9.08. The molecule has 0 atom stereocenters. The van der Waals surface area contributed by atoms with Crippen molar-refractivity contribution in [1.82, 2.24) is 9.97 Å². The van der Waals surface area contributed by atoms with Gasteiger partial charge in [-0.3, -0.25) is 9.59 Å². The van der Waals surface area contributed by atoms with E-state index >= 15 is 0 Å². The fourth-order valence-electron chi connectivity index (χ4n) is 4.20. The molecule has 41 heavy (non-hydrogen) atoms. The molecule has 0 aliphatic heterocycles. The minimum absolute atomic E-state index is 0.100. The van der Waals surface area contributed by atoms with Crippen LogP contribution in [0, 0.1) is 6.92 Å². The summed E-state index contributed by atoms with van der Waals surface area (Å²) in [5.74, 6) is -1.17. The number of carbonyl (C=O) groups is 2. The largest absolute Gasteiger partial charge is 0.494 e. The fourth-order valence-corrected chi connectivity index (χ4v) is 5.69. The van der Waals surface area contributed by atoms with E-state index in [9.17, 15) is 18.0 Å². The van der Waals surface area contributed by atoms with Crippen LogP contribution in [0.25, 0.3) is 11.0 Å². The predicted octanol–water partition coefficient (Wildman–Crippen LogP) is 6.04. The molecule has 2 aromatic heterocycles. The quantitative estimate of drug-likeness (QED) is 0.163. The molecule has 2 heterocycles. The third-order valence-corrected chi connectivity index (χ3v) is 8.01. The number of para-hydroxylation sites is 1. The van der Waals surface area contributed by atoms with Crippen LogP contribution in [0.5, 0.6) is 5.75 Å². The van der Waals surface area contributed by atoms with E-state index in [0.717, 1.165) is 11.8 Å². The van der Waals surface area contributed by atoms with Gasteiger partial charge in [-0.25, -0.2) is 18.4 Å². The van der Waals surface area contributed by atoms with Crippen molar-refractivity contribution < 1.29 is 27.2 Å². The van der Waals surface area contributed by atoms with E-state index in [2.05, 4.69) is 15.3 Å². The molecule has 11 heteroatoms. The van der Waals surface area contributed by atoms with Crippen molar-refractivity contribution in [3.8, 4) is 5.75 Å². The summed E-state index contributed by atoms with van der Waals surface area (Å²) in [5.41, 5.74) is 1.79. The Balaban J connectivity index is 1.49. The van der Waals surface area contributed by atoms with Gasteiger partial charge in [-0.2, -0.15) is 0 Å². The van der Waals surface area contributed by atoms with Crippen LogP contribution < -0.4 is 10.1 Å². The maximum absolute atomic E-state index is 13.5. The van der Waals surface area contributed by atoms with Gasteiger partial charge in [0, 0.05) is 10.9 Å². The minimum Gasteiger partial charge on any atom is -0.494 e. The number of aromatic nitrogens is 2. The summed E-state index contributed by atoms with van der Waals surface area (Å²) in [5, 5.41) is 2.42. The Bertz CT molecular complexity index is 1880. The molecule has 208 valence electrons. The number of benzene rings is 3. The number of fused-ring (bicyclic) bond motifs is 1. The topological polar surface area (TPSA) is 128 Å². The molecular formula is C30H24ClN3O6S. The summed E-state index contributed by atoms with van der Waals surface area (Å²) in [6.45, 7) is 4.14. The van der Waals surface area contributed by atoms with Gasteiger partial charge in [-0.1, -0.05) is 48.0 Å². The second-order valence-corrected chi connectivity index (χ2v) is 11.4. The molecule has 9 nitrogen and oxygen atoms in total. The molecule has 0 bridgehead atoms. The number of nitrogens with one attached hydrogen (secondary N) is 1. The minimum atomic E-state index is -4.01. The standard InChI is InChI=1S/C30H24ClN3O6S/c1-3-39-21-14-12-19(13-15-21)27(35)28-25(22-10-6-7-11-24(22)40-28)33-29(36)26-23(31)16-32-30(34-26)41(37,38)17-20-9-5-4-8-18(20)2/h4-16H,3,17H2,1-2H3,(H,33,36). The van der Waals surface area contributed by atoms with Crippen molar-refractivity contribution in [3.63, 3.8) is 0 Å². The molecule has 0 aliphatic carbocycles. The van der Waals surface area contributed by atoms with Crippen LogP contribution in [-0.4, -0.2) is 36.7 Å². The number of furan rings is 1. The van der Waals surface area contributed by atoms with Gasteiger partial charge in [0.25, 0.3) is 5.91 Å². The lowest BCUT2D eigenvalue weighted by Crippen LogP contribution is -2.19. The van der Waals surface area contributed by atoms with E-state index in [1.165, 1.54) is 0 Å². The monoisotopic (exact) mass is 589 g/mol. The molecule has 0 radical (unpaired) electrons. The van der Waals surface area contributed by atoms with Crippen molar-refractivity contribution in [2.24, 2.45) is 0 Å². The molecule has 0 unspecified atom stereocenters. The van der Waals surface area contributed by atoms with Crippen LogP contribution >= 0.6 is 11.6 Å². The van der Waals surface area contributed by atoms with E-state index < -0.39 is 26.7 Å². The highest BCUT2D eigenvalue weighted by Gasteiger charge is 2.27. The Kier molecular flexibility index (Phi) is 7.87. The molecule has 3 aromatic carbocycles. The lowest BCUT2D eigenvalue weighted by atomic mass is 10.1. The van der Waals surface area contributed by atoms with Gasteiger partial charge in [0.1, 0.15) is 11.3 Å². The van der Waals surface area contributed by atoms with Crippen molar-refractivity contribution >= 4 is 49.8 Å². The number of halogens is 1. The number of carbonyl (C=O) groups excluding carboxylic acids is 2. The third-order valence-electron chi connectivity index (χ3n) is 6.29. The van der Waals surface area contributed by atoms with E-state index in [4.69, 9.17) is 20.8 Å². The zero-order valence-corrected chi connectivity index (χ0v) is 23.6. The molecule has 1 amide bonds. The lowest BCUT2D eigenvalue weighted by Gasteiger charge is -2.10. The molecule has 5 rings (SSSR count). The maximum atomic E-state index is 13.5. The Hall–Kier alpha value is -4.54.